The second-order valence-corrected chi connectivity index (χ2v) is 5.05. The number of ether oxygens (including phenoxy) is 2. The van der Waals surface area contributed by atoms with Crippen LogP contribution in [0.15, 0.2) is 36.4 Å². The molecule has 1 atom stereocenters. The number of hydrogen-bond donors (Lipinski definition) is 2. The lowest BCUT2D eigenvalue weighted by Crippen LogP contribution is -2.99. The fraction of sp³-hybridized carbons (Fsp3) is 0.200. The SMILES string of the molecule is CCOc1cc(Oc2ccc(C(F)(F)F)cc2Cl)ccc1[NH+]([O-])O. The van der Waals surface area contributed by atoms with Gasteiger partial charge in [-0.1, -0.05) is 11.6 Å². The van der Waals surface area contributed by atoms with Crippen LogP contribution in [-0.2, 0) is 6.18 Å². The van der Waals surface area contributed by atoms with Gasteiger partial charge in [0.25, 0.3) is 0 Å². The van der Waals surface area contributed by atoms with Crippen molar-refractivity contribution in [3.05, 3.63) is 52.2 Å². The molecule has 2 aromatic rings. The summed E-state index contributed by atoms with van der Waals surface area (Å²) in [7, 11) is 0. The standard InChI is InChI=1S/C15H13ClF3NO4/c1-2-23-14-8-10(4-5-12(14)20(21)22)24-13-6-3-9(7-11(13)16)15(17,18)19/h3-8,20-21H,2H2,1H3. The quantitative estimate of drug-likeness (QED) is 0.789. The van der Waals surface area contributed by atoms with Gasteiger partial charge in [-0.25, -0.2) is 5.21 Å². The lowest BCUT2D eigenvalue weighted by Gasteiger charge is -2.17. The summed E-state index contributed by atoms with van der Waals surface area (Å²) in [5.41, 5.74) is -0.946. The van der Waals surface area contributed by atoms with Gasteiger partial charge in [0, 0.05) is 12.1 Å². The van der Waals surface area contributed by atoms with Gasteiger partial charge in [0.05, 0.1) is 17.2 Å². The summed E-state index contributed by atoms with van der Waals surface area (Å²) in [6, 6.07) is 6.67. The minimum Gasteiger partial charge on any atom is -0.595 e. The zero-order chi connectivity index (χ0) is 17.9. The molecule has 0 fully saturated rings. The summed E-state index contributed by atoms with van der Waals surface area (Å²) in [6.45, 7) is 1.93. The summed E-state index contributed by atoms with van der Waals surface area (Å²) >= 11 is 5.82. The average Bonchev–Trinajstić information content (AvgIpc) is 2.48. The van der Waals surface area contributed by atoms with Gasteiger partial charge in [-0.3, -0.25) is 0 Å². The molecule has 5 nitrogen and oxygen atoms in total. The Labute approximate surface area is 140 Å². The number of benzene rings is 2. The van der Waals surface area contributed by atoms with E-state index in [0.717, 1.165) is 18.2 Å². The van der Waals surface area contributed by atoms with Crippen LogP contribution in [0.4, 0.5) is 18.9 Å². The maximum atomic E-state index is 12.6. The molecule has 0 saturated carbocycles. The van der Waals surface area contributed by atoms with E-state index < -0.39 is 17.0 Å². The number of nitrogens with one attached hydrogen (secondary N) is 1. The van der Waals surface area contributed by atoms with Gasteiger partial charge < -0.3 is 14.7 Å². The van der Waals surface area contributed by atoms with E-state index in [-0.39, 0.29) is 34.6 Å². The molecule has 1 unspecified atom stereocenters. The minimum atomic E-state index is -4.51. The topological polar surface area (TPSA) is 66.2 Å². The van der Waals surface area contributed by atoms with E-state index >= 15 is 0 Å². The molecule has 0 bridgehead atoms. The highest BCUT2D eigenvalue weighted by molar-refractivity contribution is 6.32. The van der Waals surface area contributed by atoms with Crippen LogP contribution in [0.1, 0.15) is 12.5 Å². The first kappa shape index (κ1) is 18.3. The zero-order valence-electron chi connectivity index (χ0n) is 12.4. The zero-order valence-corrected chi connectivity index (χ0v) is 13.1. The molecule has 0 aromatic heterocycles. The fourth-order valence-corrected chi connectivity index (χ4v) is 2.12. The highest BCUT2D eigenvalue weighted by atomic mass is 35.5. The number of halogens is 4. The molecule has 0 saturated heterocycles. The predicted molar refractivity (Wildman–Crippen MR) is 79.9 cm³/mol. The van der Waals surface area contributed by atoms with Crippen LogP contribution in [-0.4, -0.2) is 11.8 Å². The summed E-state index contributed by atoms with van der Waals surface area (Å²) in [6.07, 6.45) is -4.51. The molecule has 130 valence electrons. The third-order valence-electron chi connectivity index (χ3n) is 2.97. The fourth-order valence-electron chi connectivity index (χ4n) is 1.90. The summed E-state index contributed by atoms with van der Waals surface area (Å²) in [5.74, 6) is 0.283. The average molecular weight is 364 g/mol. The van der Waals surface area contributed by atoms with Crippen LogP contribution in [0.3, 0.4) is 0 Å². The number of hydrogen-bond acceptors (Lipinski definition) is 4. The molecule has 0 aliphatic carbocycles. The minimum absolute atomic E-state index is 0.00944. The Morgan fingerprint density at radius 2 is 1.88 bits per heavy atom. The first-order valence-electron chi connectivity index (χ1n) is 6.77. The van der Waals surface area contributed by atoms with Gasteiger partial charge in [-0.15, -0.1) is 0 Å². The molecular weight excluding hydrogens is 351 g/mol. The number of quaternary nitrogens is 1. The monoisotopic (exact) mass is 363 g/mol. The molecular formula is C15H13ClF3NO4. The van der Waals surface area contributed by atoms with Crippen LogP contribution in [0.25, 0.3) is 0 Å². The van der Waals surface area contributed by atoms with Crippen molar-refractivity contribution in [1.29, 1.82) is 0 Å². The van der Waals surface area contributed by atoms with Gasteiger partial charge >= 0.3 is 6.18 Å². The van der Waals surface area contributed by atoms with E-state index in [4.69, 9.17) is 26.3 Å². The second-order valence-electron chi connectivity index (χ2n) is 4.64. The summed E-state index contributed by atoms with van der Waals surface area (Å²) in [5, 5.41) is 18.8. The molecule has 2 rings (SSSR count). The maximum absolute atomic E-state index is 12.6. The van der Waals surface area contributed by atoms with Crippen molar-refractivity contribution in [2.24, 2.45) is 0 Å². The Morgan fingerprint density at radius 1 is 1.17 bits per heavy atom. The van der Waals surface area contributed by atoms with Gasteiger partial charge in [-0.2, -0.15) is 18.4 Å². The van der Waals surface area contributed by atoms with Crippen molar-refractivity contribution in [2.45, 2.75) is 13.1 Å². The Hall–Kier alpha value is -2.00. The van der Waals surface area contributed by atoms with E-state index in [1.807, 2.05) is 0 Å². The van der Waals surface area contributed by atoms with Crippen LogP contribution in [0, 0.1) is 5.21 Å². The van der Waals surface area contributed by atoms with Crippen molar-refractivity contribution in [3.8, 4) is 17.2 Å². The van der Waals surface area contributed by atoms with E-state index in [0.29, 0.717) is 0 Å². The molecule has 2 N–H and O–H groups in total. The van der Waals surface area contributed by atoms with E-state index in [1.165, 1.54) is 18.2 Å². The Morgan fingerprint density at radius 3 is 2.42 bits per heavy atom. The smallest absolute Gasteiger partial charge is 0.416 e. The summed E-state index contributed by atoms with van der Waals surface area (Å²) in [4.78, 5) is 0. The molecule has 0 heterocycles. The third-order valence-corrected chi connectivity index (χ3v) is 3.27. The summed E-state index contributed by atoms with van der Waals surface area (Å²) < 4.78 is 48.5. The van der Waals surface area contributed by atoms with Crippen molar-refractivity contribution < 1.29 is 33.1 Å². The lowest BCUT2D eigenvalue weighted by atomic mass is 10.2. The van der Waals surface area contributed by atoms with Crippen molar-refractivity contribution in [3.63, 3.8) is 0 Å². The molecule has 0 radical (unpaired) electrons. The van der Waals surface area contributed by atoms with Crippen molar-refractivity contribution >= 4 is 17.3 Å². The van der Waals surface area contributed by atoms with Crippen LogP contribution in [0.5, 0.6) is 17.2 Å². The van der Waals surface area contributed by atoms with E-state index in [2.05, 4.69) is 0 Å². The molecule has 0 aliphatic rings. The molecule has 2 aromatic carbocycles. The third kappa shape index (κ3) is 4.30. The van der Waals surface area contributed by atoms with Crippen LogP contribution in [0.2, 0.25) is 5.02 Å². The Balaban J connectivity index is 2.29. The Kier molecular flexibility index (Phi) is 5.55. The first-order chi connectivity index (χ1) is 11.2. The number of alkyl halides is 3. The molecule has 9 heteroatoms. The highest BCUT2D eigenvalue weighted by Crippen LogP contribution is 2.37. The van der Waals surface area contributed by atoms with Crippen LogP contribution < -0.4 is 14.7 Å². The Bertz CT molecular complexity index is 722. The van der Waals surface area contributed by atoms with E-state index in [1.54, 1.807) is 6.92 Å². The molecule has 0 amide bonds. The van der Waals surface area contributed by atoms with Crippen LogP contribution >= 0.6 is 11.6 Å². The maximum Gasteiger partial charge on any atom is 0.416 e. The van der Waals surface area contributed by atoms with Gasteiger partial charge in [0.1, 0.15) is 11.5 Å². The largest absolute Gasteiger partial charge is 0.595 e. The van der Waals surface area contributed by atoms with Crippen molar-refractivity contribution in [2.75, 3.05) is 6.61 Å². The van der Waals surface area contributed by atoms with Gasteiger partial charge in [-0.05, 0) is 31.2 Å². The molecule has 24 heavy (non-hydrogen) atoms. The molecule has 0 spiro atoms. The number of rotatable bonds is 5. The van der Waals surface area contributed by atoms with Crippen molar-refractivity contribution in [1.82, 2.24) is 0 Å². The lowest BCUT2D eigenvalue weighted by molar-refractivity contribution is -0.991. The molecule has 0 aliphatic heterocycles. The van der Waals surface area contributed by atoms with E-state index in [9.17, 15) is 18.4 Å². The predicted octanol–water partition coefficient (Wildman–Crippen LogP) is 3.95. The first-order valence-corrected chi connectivity index (χ1v) is 7.15. The highest BCUT2D eigenvalue weighted by Gasteiger charge is 2.31. The van der Waals surface area contributed by atoms with Gasteiger partial charge in [0.2, 0.25) is 5.69 Å². The van der Waals surface area contributed by atoms with Gasteiger partial charge in [0.15, 0.2) is 5.75 Å². The normalized spacial score (nSPS) is 12.8. The second kappa shape index (κ2) is 7.27.